The first-order chi connectivity index (χ1) is 13.7. The Kier molecular flexibility index (Phi) is 8.22. The van der Waals surface area contributed by atoms with Crippen molar-refractivity contribution in [3.05, 3.63) is 11.6 Å². The second-order valence-corrected chi connectivity index (χ2v) is 9.43. The number of aryl methyl sites for hydroxylation is 1. The second kappa shape index (κ2) is 10.4. The number of nitrogens with one attached hydrogen (secondary N) is 1. The molecule has 0 atom stereocenters. The van der Waals surface area contributed by atoms with E-state index in [-0.39, 0.29) is 24.0 Å². The zero-order valence-corrected chi connectivity index (χ0v) is 20.7. The lowest BCUT2D eigenvalue weighted by Crippen LogP contribution is -2.52. The normalized spacial score (nSPS) is 23.1. The van der Waals surface area contributed by atoms with Gasteiger partial charge < -0.3 is 14.8 Å². The number of hydrogen-bond acceptors (Lipinski definition) is 3. The van der Waals surface area contributed by atoms with Crippen molar-refractivity contribution >= 4 is 29.9 Å². The van der Waals surface area contributed by atoms with Gasteiger partial charge in [-0.15, -0.1) is 34.2 Å². The molecule has 164 valence electrons. The molecule has 3 fully saturated rings. The highest BCUT2D eigenvalue weighted by Crippen LogP contribution is 2.42. The molecule has 1 N–H and O–H groups in total. The van der Waals surface area contributed by atoms with E-state index in [0.29, 0.717) is 18.0 Å². The number of guanidine groups is 1. The monoisotopic (exact) mass is 514 g/mol. The van der Waals surface area contributed by atoms with Crippen LogP contribution in [0.25, 0.3) is 0 Å². The van der Waals surface area contributed by atoms with E-state index in [2.05, 4.69) is 25.0 Å². The predicted molar refractivity (Wildman–Crippen MR) is 129 cm³/mol. The van der Waals surface area contributed by atoms with Crippen LogP contribution < -0.4 is 5.32 Å². The standard InChI is InChI=1S/C22H38N6.HI/c1-18-25-26-20(27(18)2)16-23-21(24-19-10-5-6-11-19)28-15-9-14-22(17-28)12-7-3-4-8-13-22;/h19H,3-17H2,1-2H3,(H,23,24);1H. The van der Waals surface area contributed by atoms with Gasteiger partial charge in [-0.25, -0.2) is 4.99 Å². The molecule has 2 heterocycles. The van der Waals surface area contributed by atoms with Crippen LogP contribution in [0.4, 0.5) is 0 Å². The number of halogens is 1. The Labute approximate surface area is 193 Å². The van der Waals surface area contributed by atoms with Gasteiger partial charge in [0.2, 0.25) is 0 Å². The first kappa shape index (κ1) is 22.8. The van der Waals surface area contributed by atoms with Gasteiger partial charge in [-0.2, -0.15) is 0 Å². The highest BCUT2D eigenvalue weighted by molar-refractivity contribution is 14.0. The fourth-order valence-corrected chi connectivity index (χ4v) is 5.50. The number of piperidine rings is 1. The maximum absolute atomic E-state index is 5.06. The molecular weight excluding hydrogens is 475 g/mol. The molecular formula is C22H39IN6. The molecule has 0 bridgehead atoms. The molecule has 0 radical (unpaired) electrons. The Bertz CT molecular complexity index is 671. The van der Waals surface area contributed by atoms with E-state index in [0.717, 1.165) is 24.2 Å². The largest absolute Gasteiger partial charge is 0.353 e. The lowest BCUT2D eigenvalue weighted by atomic mass is 9.74. The van der Waals surface area contributed by atoms with Crippen molar-refractivity contribution in [1.29, 1.82) is 0 Å². The fourth-order valence-electron chi connectivity index (χ4n) is 5.50. The molecule has 0 amide bonds. The van der Waals surface area contributed by atoms with Gasteiger partial charge in [0.25, 0.3) is 0 Å². The summed E-state index contributed by atoms with van der Waals surface area (Å²) in [4.78, 5) is 7.64. The third kappa shape index (κ3) is 5.64. The van der Waals surface area contributed by atoms with Gasteiger partial charge in [0.05, 0.1) is 0 Å². The molecule has 0 unspecified atom stereocenters. The van der Waals surface area contributed by atoms with Gasteiger partial charge >= 0.3 is 0 Å². The maximum Gasteiger partial charge on any atom is 0.194 e. The molecule has 1 saturated heterocycles. The minimum atomic E-state index is 0. The number of nitrogens with zero attached hydrogens (tertiary/aromatic N) is 5. The quantitative estimate of drug-likeness (QED) is 0.365. The summed E-state index contributed by atoms with van der Waals surface area (Å²) in [6, 6.07) is 0.590. The van der Waals surface area contributed by atoms with Crippen molar-refractivity contribution in [3.63, 3.8) is 0 Å². The van der Waals surface area contributed by atoms with Crippen LogP contribution in [0, 0.1) is 12.3 Å². The van der Waals surface area contributed by atoms with Crippen LogP contribution in [0.5, 0.6) is 0 Å². The summed E-state index contributed by atoms with van der Waals surface area (Å²) >= 11 is 0. The number of aromatic nitrogens is 3. The Balaban J connectivity index is 0.00000240. The van der Waals surface area contributed by atoms with Crippen LogP contribution in [-0.2, 0) is 13.6 Å². The number of hydrogen-bond donors (Lipinski definition) is 1. The fraction of sp³-hybridized carbons (Fsp3) is 0.864. The summed E-state index contributed by atoms with van der Waals surface area (Å²) in [6.07, 6.45) is 16.4. The van der Waals surface area contributed by atoms with Crippen molar-refractivity contribution in [2.45, 2.75) is 96.6 Å². The Morgan fingerprint density at radius 3 is 2.38 bits per heavy atom. The number of likely N-dealkylation sites (tertiary alicyclic amines) is 1. The van der Waals surface area contributed by atoms with Crippen LogP contribution in [0.1, 0.15) is 88.7 Å². The second-order valence-electron chi connectivity index (χ2n) is 9.43. The van der Waals surface area contributed by atoms with E-state index in [1.54, 1.807) is 0 Å². The Hall–Kier alpha value is -0.860. The minimum Gasteiger partial charge on any atom is -0.353 e. The molecule has 2 aliphatic carbocycles. The third-order valence-electron chi connectivity index (χ3n) is 7.37. The highest BCUT2D eigenvalue weighted by Gasteiger charge is 2.37. The minimum absolute atomic E-state index is 0. The van der Waals surface area contributed by atoms with Crippen LogP contribution in [0.15, 0.2) is 4.99 Å². The highest BCUT2D eigenvalue weighted by atomic mass is 127. The van der Waals surface area contributed by atoms with Gasteiger partial charge in [-0.05, 0) is 50.9 Å². The summed E-state index contributed by atoms with van der Waals surface area (Å²) in [5, 5.41) is 12.4. The van der Waals surface area contributed by atoms with E-state index in [1.165, 1.54) is 83.6 Å². The van der Waals surface area contributed by atoms with Crippen LogP contribution in [0.2, 0.25) is 0 Å². The van der Waals surface area contributed by atoms with Crippen molar-refractivity contribution in [2.24, 2.45) is 17.5 Å². The zero-order valence-electron chi connectivity index (χ0n) is 18.3. The van der Waals surface area contributed by atoms with Gasteiger partial charge in [0, 0.05) is 26.2 Å². The van der Waals surface area contributed by atoms with Crippen LogP contribution >= 0.6 is 24.0 Å². The molecule has 3 aliphatic rings. The molecule has 0 aromatic carbocycles. The molecule has 29 heavy (non-hydrogen) atoms. The summed E-state index contributed by atoms with van der Waals surface area (Å²) in [5.74, 6) is 3.02. The van der Waals surface area contributed by atoms with Gasteiger partial charge in [0.15, 0.2) is 11.8 Å². The van der Waals surface area contributed by atoms with Gasteiger partial charge in [0.1, 0.15) is 12.4 Å². The van der Waals surface area contributed by atoms with E-state index in [4.69, 9.17) is 4.99 Å². The molecule has 7 heteroatoms. The summed E-state index contributed by atoms with van der Waals surface area (Å²) in [5.41, 5.74) is 0.522. The molecule has 1 aromatic heterocycles. The lowest BCUT2D eigenvalue weighted by Gasteiger charge is -2.44. The Morgan fingerprint density at radius 2 is 1.72 bits per heavy atom. The van der Waals surface area contributed by atoms with Gasteiger partial charge in [-0.1, -0.05) is 38.5 Å². The van der Waals surface area contributed by atoms with E-state index >= 15 is 0 Å². The van der Waals surface area contributed by atoms with Crippen molar-refractivity contribution < 1.29 is 0 Å². The maximum atomic E-state index is 5.06. The molecule has 1 aromatic rings. The topological polar surface area (TPSA) is 58.3 Å². The third-order valence-corrected chi connectivity index (χ3v) is 7.37. The van der Waals surface area contributed by atoms with E-state index in [1.807, 2.05) is 14.0 Å². The van der Waals surface area contributed by atoms with Crippen molar-refractivity contribution in [3.8, 4) is 0 Å². The smallest absolute Gasteiger partial charge is 0.194 e. The van der Waals surface area contributed by atoms with E-state index < -0.39 is 0 Å². The van der Waals surface area contributed by atoms with Gasteiger partial charge in [-0.3, -0.25) is 0 Å². The predicted octanol–water partition coefficient (Wildman–Crippen LogP) is 4.57. The van der Waals surface area contributed by atoms with Crippen LogP contribution in [-0.4, -0.2) is 44.8 Å². The average molecular weight is 515 g/mol. The van der Waals surface area contributed by atoms with Crippen molar-refractivity contribution in [1.82, 2.24) is 25.0 Å². The van der Waals surface area contributed by atoms with Crippen LogP contribution in [0.3, 0.4) is 0 Å². The SMILES string of the molecule is Cc1nnc(CN=C(NC2CCCC2)N2CCCC3(CCCCCC3)C2)n1C.I. The molecule has 1 spiro atoms. The summed E-state index contributed by atoms with van der Waals surface area (Å²) in [6.45, 7) is 4.93. The summed E-state index contributed by atoms with van der Waals surface area (Å²) in [7, 11) is 2.03. The van der Waals surface area contributed by atoms with E-state index in [9.17, 15) is 0 Å². The molecule has 6 nitrogen and oxygen atoms in total. The first-order valence-corrected chi connectivity index (χ1v) is 11.6. The Morgan fingerprint density at radius 1 is 1.03 bits per heavy atom. The first-order valence-electron chi connectivity index (χ1n) is 11.6. The molecule has 4 rings (SSSR count). The lowest BCUT2D eigenvalue weighted by molar-refractivity contribution is 0.115. The molecule has 1 aliphatic heterocycles. The van der Waals surface area contributed by atoms with Crippen molar-refractivity contribution in [2.75, 3.05) is 13.1 Å². The number of rotatable bonds is 3. The zero-order chi connectivity index (χ0) is 19.4. The summed E-state index contributed by atoms with van der Waals surface area (Å²) < 4.78 is 2.06. The average Bonchev–Trinajstić information content (AvgIpc) is 3.26. The number of aliphatic imine (C=N–C) groups is 1. The molecule has 2 saturated carbocycles.